The van der Waals surface area contributed by atoms with Crippen LogP contribution in [0.25, 0.3) is 0 Å². The first-order chi connectivity index (χ1) is 12.2. The SMILES string of the molecule is O=C(Cc1ccccc1Cl)NCCc1nc(Cc2ccccc2)no1. The highest BCUT2D eigenvalue weighted by Crippen LogP contribution is 2.15. The molecule has 128 valence electrons. The Morgan fingerprint density at radius 3 is 2.64 bits per heavy atom. The average Bonchev–Trinajstić information content (AvgIpc) is 3.05. The first-order valence-electron chi connectivity index (χ1n) is 8.06. The molecule has 0 unspecified atom stereocenters. The van der Waals surface area contributed by atoms with E-state index in [0.29, 0.717) is 36.1 Å². The number of rotatable bonds is 7. The Bertz CT molecular complexity index is 833. The van der Waals surface area contributed by atoms with Gasteiger partial charge in [-0.25, -0.2) is 0 Å². The number of hydrogen-bond acceptors (Lipinski definition) is 4. The second-order valence-corrected chi connectivity index (χ2v) is 6.04. The molecular weight excluding hydrogens is 338 g/mol. The molecule has 0 spiro atoms. The van der Waals surface area contributed by atoms with Crippen molar-refractivity contribution in [3.05, 3.63) is 82.5 Å². The maximum Gasteiger partial charge on any atom is 0.228 e. The summed E-state index contributed by atoms with van der Waals surface area (Å²) in [6.45, 7) is 0.441. The lowest BCUT2D eigenvalue weighted by atomic mass is 10.1. The van der Waals surface area contributed by atoms with Crippen molar-refractivity contribution in [2.24, 2.45) is 0 Å². The normalized spacial score (nSPS) is 10.6. The molecular formula is C19H18ClN3O2. The van der Waals surface area contributed by atoms with E-state index in [-0.39, 0.29) is 12.3 Å². The number of carbonyl (C=O) groups is 1. The van der Waals surface area contributed by atoms with E-state index in [2.05, 4.69) is 15.5 Å². The predicted molar refractivity (Wildman–Crippen MR) is 95.4 cm³/mol. The van der Waals surface area contributed by atoms with Gasteiger partial charge in [0.1, 0.15) is 0 Å². The van der Waals surface area contributed by atoms with Crippen molar-refractivity contribution in [3.8, 4) is 0 Å². The zero-order valence-electron chi connectivity index (χ0n) is 13.6. The van der Waals surface area contributed by atoms with Crippen molar-refractivity contribution in [2.45, 2.75) is 19.3 Å². The minimum Gasteiger partial charge on any atom is -0.355 e. The van der Waals surface area contributed by atoms with Crippen molar-refractivity contribution in [3.63, 3.8) is 0 Å². The summed E-state index contributed by atoms with van der Waals surface area (Å²) in [4.78, 5) is 16.3. The third-order valence-electron chi connectivity index (χ3n) is 3.69. The molecule has 0 radical (unpaired) electrons. The van der Waals surface area contributed by atoms with Crippen LogP contribution in [-0.2, 0) is 24.1 Å². The standard InChI is InChI=1S/C19H18ClN3O2/c20-16-9-5-4-8-15(16)13-18(24)21-11-10-19-22-17(23-25-19)12-14-6-2-1-3-7-14/h1-9H,10-13H2,(H,21,24). The number of benzene rings is 2. The van der Waals surface area contributed by atoms with Gasteiger partial charge in [0.2, 0.25) is 11.8 Å². The minimum atomic E-state index is -0.0860. The molecule has 3 rings (SSSR count). The minimum absolute atomic E-state index is 0.0860. The molecule has 0 saturated carbocycles. The van der Waals surface area contributed by atoms with Crippen LogP contribution in [0.4, 0.5) is 0 Å². The third-order valence-corrected chi connectivity index (χ3v) is 4.05. The zero-order valence-corrected chi connectivity index (χ0v) is 14.4. The summed E-state index contributed by atoms with van der Waals surface area (Å²) in [5, 5.41) is 7.41. The molecule has 2 aromatic carbocycles. The molecule has 0 saturated heterocycles. The Balaban J connectivity index is 1.45. The van der Waals surface area contributed by atoms with Crippen LogP contribution in [0, 0.1) is 0 Å². The summed E-state index contributed by atoms with van der Waals surface area (Å²) in [7, 11) is 0. The fourth-order valence-corrected chi connectivity index (χ4v) is 2.63. The summed E-state index contributed by atoms with van der Waals surface area (Å²) < 4.78 is 5.22. The van der Waals surface area contributed by atoms with Crippen LogP contribution in [-0.4, -0.2) is 22.6 Å². The van der Waals surface area contributed by atoms with Gasteiger partial charge < -0.3 is 9.84 Å². The lowest BCUT2D eigenvalue weighted by Gasteiger charge is -2.05. The molecule has 1 N–H and O–H groups in total. The maximum absolute atomic E-state index is 12.0. The van der Waals surface area contributed by atoms with Crippen molar-refractivity contribution in [2.75, 3.05) is 6.54 Å². The van der Waals surface area contributed by atoms with Crippen LogP contribution in [0.2, 0.25) is 5.02 Å². The van der Waals surface area contributed by atoms with E-state index in [9.17, 15) is 4.79 Å². The van der Waals surface area contributed by atoms with E-state index in [1.54, 1.807) is 6.07 Å². The number of hydrogen-bond donors (Lipinski definition) is 1. The number of amides is 1. The van der Waals surface area contributed by atoms with Crippen molar-refractivity contribution < 1.29 is 9.32 Å². The monoisotopic (exact) mass is 355 g/mol. The van der Waals surface area contributed by atoms with Gasteiger partial charge in [0.25, 0.3) is 0 Å². The number of aromatic nitrogens is 2. The number of nitrogens with zero attached hydrogens (tertiary/aromatic N) is 2. The van der Waals surface area contributed by atoms with Crippen molar-refractivity contribution in [1.82, 2.24) is 15.5 Å². The summed E-state index contributed by atoms with van der Waals surface area (Å²) in [6, 6.07) is 17.3. The molecule has 0 atom stereocenters. The van der Waals surface area contributed by atoms with Crippen LogP contribution in [0.5, 0.6) is 0 Å². The largest absolute Gasteiger partial charge is 0.355 e. The lowest BCUT2D eigenvalue weighted by Crippen LogP contribution is -2.27. The summed E-state index contributed by atoms with van der Waals surface area (Å²) in [6.07, 6.45) is 1.38. The van der Waals surface area contributed by atoms with Gasteiger partial charge in [-0.15, -0.1) is 0 Å². The Hall–Kier alpha value is -2.66. The lowest BCUT2D eigenvalue weighted by molar-refractivity contribution is -0.120. The van der Waals surface area contributed by atoms with E-state index in [1.807, 2.05) is 48.5 Å². The van der Waals surface area contributed by atoms with E-state index in [4.69, 9.17) is 16.1 Å². The van der Waals surface area contributed by atoms with Crippen molar-refractivity contribution >= 4 is 17.5 Å². The van der Waals surface area contributed by atoms with Gasteiger partial charge in [0.15, 0.2) is 5.82 Å². The molecule has 0 aliphatic rings. The maximum atomic E-state index is 12.0. The zero-order chi connectivity index (χ0) is 17.5. The second kappa shape index (κ2) is 8.44. The van der Waals surface area contributed by atoms with Gasteiger partial charge in [-0.05, 0) is 17.2 Å². The van der Waals surface area contributed by atoms with Gasteiger partial charge in [-0.3, -0.25) is 4.79 Å². The van der Waals surface area contributed by atoms with Gasteiger partial charge >= 0.3 is 0 Å². The fourth-order valence-electron chi connectivity index (χ4n) is 2.43. The highest BCUT2D eigenvalue weighted by atomic mass is 35.5. The fraction of sp³-hybridized carbons (Fsp3) is 0.211. The molecule has 0 aliphatic carbocycles. The van der Waals surface area contributed by atoms with E-state index in [0.717, 1.165) is 11.1 Å². The first kappa shape index (κ1) is 17.2. The van der Waals surface area contributed by atoms with Crippen LogP contribution in [0.3, 0.4) is 0 Å². The molecule has 0 aliphatic heterocycles. The van der Waals surface area contributed by atoms with Crippen molar-refractivity contribution in [1.29, 1.82) is 0 Å². The smallest absolute Gasteiger partial charge is 0.228 e. The topological polar surface area (TPSA) is 68.0 Å². The Kier molecular flexibility index (Phi) is 5.80. The van der Waals surface area contributed by atoms with Gasteiger partial charge in [0, 0.05) is 24.4 Å². The average molecular weight is 356 g/mol. The molecule has 1 amide bonds. The molecule has 6 heteroatoms. The van der Waals surface area contributed by atoms with Crippen LogP contribution in [0.15, 0.2) is 59.1 Å². The van der Waals surface area contributed by atoms with Crippen LogP contribution in [0.1, 0.15) is 22.8 Å². The highest BCUT2D eigenvalue weighted by Gasteiger charge is 2.09. The van der Waals surface area contributed by atoms with Gasteiger partial charge in [0.05, 0.1) is 6.42 Å². The Morgan fingerprint density at radius 2 is 1.84 bits per heavy atom. The first-order valence-corrected chi connectivity index (χ1v) is 8.44. The van der Waals surface area contributed by atoms with E-state index < -0.39 is 0 Å². The number of nitrogens with one attached hydrogen (secondary N) is 1. The molecule has 5 nitrogen and oxygen atoms in total. The number of carbonyl (C=O) groups excluding carboxylic acids is 1. The van der Waals surface area contributed by atoms with E-state index in [1.165, 1.54) is 0 Å². The van der Waals surface area contributed by atoms with Crippen LogP contribution < -0.4 is 5.32 Å². The molecule has 0 fully saturated rings. The molecule has 0 bridgehead atoms. The summed E-state index contributed by atoms with van der Waals surface area (Å²) in [5.41, 5.74) is 1.94. The molecule has 1 heterocycles. The quantitative estimate of drug-likeness (QED) is 0.706. The second-order valence-electron chi connectivity index (χ2n) is 5.63. The van der Waals surface area contributed by atoms with Gasteiger partial charge in [-0.2, -0.15) is 4.98 Å². The predicted octanol–water partition coefficient (Wildman–Crippen LogP) is 3.22. The van der Waals surface area contributed by atoms with E-state index >= 15 is 0 Å². The Labute approximate surface area is 151 Å². The third kappa shape index (κ3) is 5.16. The molecule has 3 aromatic rings. The van der Waals surface area contributed by atoms with Crippen LogP contribution >= 0.6 is 11.6 Å². The molecule has 1 aromatic heterocycles. The summed E-state index contributed by atoms with van der Waals surface area (Å²) in [5.74, 6) is 1.07. The highest BCUT2D eigenvalue weighted by molar-refractivity contribution is 6.31. The van der Waals surface area contributed by atoms with Gasteiger partial charge in [-0.1, -0.05) is 65.3 Å². The Morgan fingerprint density at radius 1 is 1.08 bits per heavy atom. The summed E-state index contributed by atoms with van der Waals surface area (Å²) >= 11 is 6.05. The molecule has 25 heavy (non-hydrogen) atoms. The number of halogens is 1.